The van der Waals surface area contributed by atoms with Crippen molar-refractivity contribution in [3.05, 3.63) is 64.9 Å². The molecule has 2 N–H and O–H groups in total. The van der Waals surface area contributed by atoms with Gasteiger partial charge in [-0.3, -0.25) is 9.36 Å². The second-order valence-corrected chi connectivity index (χ2v) is 10.8. The van der Waals surface area contributed by atoms with Crippen molar-refractivity contribution < 1.29 is 9.13 Å². The second-order valence-electron chi connectivity index (χ2n) is 10.8. The van der Waals surface area contributed by atoms with Gasteiger partial charge in [0.15, 0.2) is 11.6 Å². The van der Waals surface area contributed by atoms with Crippen molar-refractivity contribution >= 4 is 5.82 Å². The Bertz CT molecular complexity index is 1560. The number of hydrogen-bond donors (Lipinski definition) is 1. The van der Waals surface area contributed by atoms with Crippen LogP contribution in [0.15, 0.2) is 36.7 Å². The molecule has 2 atom stereocenters. The SMILES string of the molecule is CCn1nc2c3c1-c1cnc(N)c(c1)O[C@H](C)c1cc(F)ccc1-c1nn(C)cc1[C@H]3CC21CN(C)C1. The predicted octanol–water partition coefficient (Wildman–Crippen LogP) is 4.26. The van der Waals surface area contributed by atoms with Crippen LogP contribution >= 0.6 is 0 Å². The number of nitrogens with two attached hydrogens (primary N) is 1. The Morgan fingerprint density at radius 3 is 2.73 bits per heavy atom. The molecule has 190 valence electrons. The lowest BCUT2D eigenvalue weighted by Crippen LogP contribution is -2.56. The van der Waals surface area contributed by atoms with E-state index in [2.05, 4.69) is 34.7 Å². The number of nitrogen functional groups attached to an aromatic ring is 1. The van der Waals surface area contributed by atoms with Gasteiger partial charge in [-0.15, -0.1) is 0 Å². The van der Waals surface area contributed by atoms with E-state index >= 15 is 0 Å². The largest absolute Gasteiger partial charge is 0.482 e. The fourth-order valence-electron chi connectivity index (χ4n) is 6.84. The normalized spacial score (nSPS) is 21.3. The summed E-state index contributed by atoms with van der Waals surface area (Å²) in [6, 6.07) is 6.82. The molecule has 0 unspecified atom stereocenters. The monoisotopic (exact) mass is 499 g/mol. The van der Waals surface area contributed by atoms with Crippen LogP contribution < -0.4 is 10.5 Å². The number of hydrogen-bond acceptors (Lipinski definition) is 6. The highest BCUT2D eigenvalue weighted by Gasteiger charge is 2.55. The molecule has 1 aliphatic carbocycles. The summed E-state index contributed by atoms with van der Waals surface area (Å²) in [7, 11) is 4.11. The Morgan fingerprint density at radius 1 is 1.16 bits per heavy atom. The molecule has 7 rings (SSSR count). The molecule has 37 heavy (non-hydrogen) atoms. The zero-order chi connectivity index (χ0) is 25.6. The van der Waals surface area contributed by atoms with E-state index in [1.54, 1.807) is 6.07 Å². The minimum atomic E-state index is -0.472. The van der Waals surface area contributed by atoms with Crippen LogP contribution in [0.3, 0.4) is 0 Å². The highest BCUT2D eigenvalue weighted by molar-refractivity contribution is 5.75. The smallest absolute Gasteiger partial charge is 0.166 e. The number of fused-ring (bicyclic) bond motifs is 8. The van der Waals surface area contributed by atoms with Crippen LogP contribution in [0.1, 0.15) is 54.7 Å². The number of likely N-dealkylation sites (N-methyl/N-ethyl adjacent to an activating group) is 1. The fraction of sp³-hybridized carbons (Fsp3) is 0.393. The number of aryl methyl sites for hydroxylation is 2. The second kappa shape index (κ2) is 7.64. The lowest BCUT2D eigenvalue weighted by Gasteiger charge is -2.46. The molecule has 1 aromatic carbocycles. The number of aromatic nitrogens is 5. The van der Waals surface area contributed by atoms with E-state index in [1.807, 2.05) is 37.0 Å². The molecule has 0 saturated carbocycles. The molecule has 8 nitrogen and oxygen atoms in total. The van der Waals surface area contributed by atoms with Gasteiger partial charge in [0, 0.05) is 78.2 Å². The van der Waals surface area contributed by atoms with E-state index in [1.165, 1.54) is 17.3 Å². The predicted molar refractivity (Wildman–Crippen MR) is 139 cm³/mol. The van der Waals surface area contributed by atoms with Crippen LogP contribution in [0.4, 0.5) is 10.2 Å². The maximum absolute atomic E-state index is 14.6. The zero-order valence-corrected chi connectivity index (χ0v) is 21.5. The third-order valence-corrected chi connectivity index (χ3v) is 8.28. The average molecular weight is 500 g/mol. The Kier molecular flexibility index (Phi) is 4.64. The molecule has 4 aromatic rings. The molecule has 2 aliphatic heterocycles. The first-order valence-corrected chi connectivity index (χ1v) is 12.8. The number of rotatable bonds is 1. The van der Waals surface area contributed by atoms with Gasteiger partial charge < -0.3 is 15.4 Å². The van der Waals surface area contributed by atoms with Crippen LogP contribution in [0.5, 0.6) is 5.75 Å². The van der Waals surface area contributed by atoms with Crippen molar-refractivity contribution in [1.29, 1.82) is 0 Å². The Morgan fingerprint density at radius 2 is 1.97 bits per heavy atom. The molecule has 3 aliphatic rings. The Hall–Kier alpha value is -3.72. The van der Waals surface area contributed by atoms with Gasteiger partial charge in [0.2, 0.25) is 0 Å². The van der Waals surface area contributed by atoms with Gasteiger partial charge in [0.05, 0.1) is 17.1 Å². The first-order valence-electron chi connectivity index (χ1n) is 12.8. The third-order valence-electron chi connectivity index (χ3n) is 8.28. The Labute approximate surface area is 214 Å². The minimum Gasteiger partial charge on any atom is -0.482 e. The number of ether oxygens (including phenoxy) is 1. The van der Waals surface area contributed by atoms with Crippen molar-refractivity contribution in [3.63, 3.8) is 0 Å². The fourth-order valence-corrected chi connectivity index (χ4v) is 6.84. The van der Waals surface area contributed by atoms with E-state index < -0.39 is 6.10 Å². The van der Waals surface area contributed by atoms with Crippen molar-refractivity contribution in [2.75, 3.05) is 25.9 Å². The lowest BCUT2D eigenvalue weighted by molar-refractivity contribution is 0.0878. The van der Waals surface area contributed by atoms with Crippen LogP contribution in [-0.2, 0) is 19.0 Å². The molecule has 2 bridgehead atoms. The van der Waals surface area contributed by atoms with Gasteiger partial charge in [-0.2, -0.15) is 10.2 Å². The van der Waals surface area contributed by atoms with Crippen LogP contribution in [0, 0.1) is 5.82 Å². The number of likely N-dealkylation sites (tertiary alicyclic amines) is 1. The van der Waals surface area contributed by atoms with Gasteiger partial charge in [-0.25, -0.2) is 9.37 Å². The molecule has 0 amide bonds. The molecule has 0 radical (unpaired) electrons. The maximum atomic E-state index is 14.6. The summed E-state index contributed by atoms with van der Waals surface area (Å²) in [5.41, 5.74) is 14.3. The minimum absolute atomic E-state index is 0.00328. The van der Waals surface area contributed by atoms with Crippen molar-refractivity contribution in [3.8, 4) is 28.3 Å². The van der Waals surface area contributed by atoms with Crippen molar-refractivity contribution in [1.82, 2.24) is 29.4 Å². The van der Waals surface area contributed by atoms with E-state index in [9.17, 15) is 4.39 Å². The lowest BCUT2D eigenvalue weighted by atomic mass is 9.76. The third kappa shape index (κ3) is 3.13. The molecule has 3 aromatic heterocycles. The van der Waals surface area contributed by atoms with E-state index in [4.69, 9.17) is 20.7 Å². The molecule has 1 saturated heterocycles. The van der Waals surface area contributed by atoms with Crippen LogP contribution in [0.25, 0.3) is 22.5 Å². The first-order chi connectivity index (χ1) is 17.8. The summed E-state index contributed by atoms with van der Waals surface area (Å²) in [6.45, 7) is 6.71. The van der Waals surface area contributed by atoms with Crippen molar-refractivity contribution in [2.24, 2.45) is 7.05 Å². The molecule has 5 heterocycles. The Balaban J connectivity index is 1.57. The van der Waals surface area contributed by atoms with Gasteiger partial charge in [-0.05, 0) is 51.6 Å². The molecule has 1 spiro atoms. The van der Waals surface area contributed by atoms with Gasteiger partial charge in [0.25, 0.3) is 0 Å². The summed E-state index contributed by atoms with van der Waals surface area (Å²) < 4.78 is 24.9. The van der Waals surface area contributed by atoms with Crippen molar-refractivity contribution in [2.45, 2.75) is 44.2 Å². The molecular formula is C28H30FN7O. The quantitative estimate of drug-likeness (QED) is 0.421. The van der Waals surface area contributed by atoms with Gasteiger partial charge >= 0.3 is 0 Å². The highest BCUT2D eigenvalue weighted by atomic mass is 19.1. The van der Waals surface area contributed by atoms with Gasteiger partial charge in [-0.1, -0.05) is 0 Å². The number of anilines is 1. The van der Waals surface area contributed by atoms with E-state index in [-0.39, 0.29) is 17.2 Å². The van der Waals surface area contributed by atoms with Crippen LogP contribution in [0.2, 0.25) is 0 Å². The zero-order valence-electron chi connectivity index (χ0n) is 21.5. The van der Waals surface area contributed by atoms with E-state index in [0.717, 1.165) is 59.7 Å². The van der Waals surface area contributed by atoms with Crippen LogP contribution in [-0.4, -0.2) is 49.6 Å². The summed E-state index contributed by atoms with van der Waals surface area (Å²) in [6.07, 6.45) is 4.42. The first kappa shape index (κ1) is 22.5. The topological polar surface area (TPSA) is 87.0 Å². The van der Waals surface area contributed by atoms with Gasteiger partial charge in [0.1, 0.15) is 11.9 Å². The number of halogens is 1. The summed E-state index contributed by atoms with van der Waals surface area (Å²) in [5, 5.41) is 10.1. The standard InChI is InChI=1S/C28H30FN7O/c1-5-36-25-16-8-22(27(30)31-11-16)37-15(2)19-9-17(29)6-7-18(19)24-21(12-35(4)32-24)20-10-28(13-34(3)14-28)26(33-36)23(20)25/h6-9,11-12,15,20H,5,10,13-14H2,1-4H3,(H2,30,31)/t15-,20-/m1/s1. The highest BCUT2D eigenvalue weighted by Crippen LogP contribution is 2.57. The summed E-state index contributed by atoms with van der Waals surface area (Å²) in [4.78, 5) is 6.86. The maximum Gasteiger partial charge on any atom is 0.166 e. The molecule has 9 heteroatoms. The molecule has 1 fully saturated rings. The molecular weight excluding hydrogens is 469 g/mol. The number of nitrogens with zero attached hydrogens (tertiary/aromatic N) is 6. The average Bonchev–Trinajstić information content (AvgIpc) is 3.51. The van der Waals surface area contributed by atoms with E-state index in [0.29, 0.717) is 11.6 Å². The number of benzene rings is 1. The summed E-state index contributed by atoms with van der Waals surface area (Å²) >= 11 is 0. The summed E-state index contributed by atoms with van der Waals surface area (Å²) in [5.74, 6) is 0.561. The number of pyridine rings is 1.